The zero-order valence-corrected chi connectivity index (χ0v) is 9.90. The van der Waals surface area contributed by atoms with E-state index in [1.54, 1.807) is 18.2 Å². The number of ether oxygens (including phenoxy) is 2. The van der Waals surface area contributed by atoms with Crippen LogP contribution in [0.1, 0.15) is 24.3 Å². The third-order valence-electron chi connectivity index (χ3n) is 3.10. The van der Waals surface area contributed by atoms with Crippen molar-refractivity contribution >= 4 is 5.97 Å². The molecule has 1 unspecified atom stereocenters. The summed E-state index contributed by atoms with van der Waals surface area (Å²) in [5.74, 6) is -0.979. The lowest BCUT2D eigenvalue weighted by Gasteiger charge is -2.16. The van der Waals surface area contributed by atoms with Gasteiger partial charge in [0.15, 0.2) is 11.6 Å². The summed E-state index contributed by atoms with van der Waals surface area (Å²) in [6.07, 6.45) is 1.88. The molecule has 0 heterocycles. The van der Waals surface area contributed by atoms with Crippen LogP contribution in [0, 0.1) is 11.7 Å². The van der Waals surface area contributed by atoms with E-state index in [2.05, 4.69) is 0 Å². The summed E-state index contributed by atoms with van der Waals surface area (Å²) < 4.78 is 23.7. The molecule has 0 aliphatic heterocycles. The molecule has 0 bridgehead atoms. The van der Waals surface area contributed by atoms with Crippen molar-refractivity contribution in [3.8, 4) is 5.75 Å². The molecule has 0 aromatic heterocycles. The van der Waals surface area contributed by atoms with Crippen LogP contribution in [0.5, 0.6) is 5.75 Å². The van der Waals surface area contributed by atoms with Gasteiger partial charge in [0.05, 0.1) is 20.1 Å². The molecule has 1 aromatic rings. The molecule has 0 amide bonds. The molecule has 0 saturated heterocycles. The van der Waals surface area contributed by atoms with E-state index in [0.29, 0.717) is 5.56 Å². The van der Waals surface area contributed by atoms with Crippen LogP contribution < -0.4 is 4.74 Å². The van der Waals surface area contributed by atoms with Crippen LogP contribution in [-0.2, 0) is 9.53 Å². The summed E-state index contributed by atoms with van der Waals surface area (Å²) in [5.41, 5.74) is 0.374. The number of carbonyl (C=O) groups is 1. The second-order valence-corrected chi connectivity index (χ2v) is 4.20. The maximum atomic E-state index is 14.1. The van der Waals surface area contributed by atoms with E-state index in [9.17, 15) is 9.18 Å². The Labute approximate surface area is 99.5 Å². The third kappa shape index (κ3) is 2.25. The smallest absolute Gasteiger partial charge is 0.313 e. The van der Waals surface area contributed by atoms with Gasteiger partial charge in [-0.25, -0.2) is 4.39 Å². The van der Waals surface area contributed by atoms with Crippen molar-refractivity contribution in [3.63, 3.8) is 0 Å². The van der Waals surface area contributed by atoms with Gasteiger partial charge in [-0.3, -0.25) is 4.79 Å². The first-order valence-corrected chi connectivity index (χ1v) is 5.59. The second kappa shape index (κ2) is 4.73. The van der Waals surface area contributed by atoms with Gasteiger partial charge in [-0.05, 0) is 24.8 Å². The summed E-state index contributed by atoms with van der Waals surface area (Å²) in [4.78, 5) is 11.7. The lowest BCUT2D eigenvalue weighted by molar-refractivity contribution is -0.143. The van der Waals surface area contributed by atoms with E-state index < -0.39 is 11.7 Å². The van der Waals surface area contributed by atoms with Crippen LogP contribution in [0.25, 0.3) is 0 Å². The Balaban J connectivity index is 2.39. The van der Waals surface area contributed by atoms with Gasteiger partial charge in [-0.2, -0.15) is 0 Å². The van der Waals surface area contributed by atoms with Gasteiger partial charge in [0, 0.05) is 5.56 Å². The highest BCUT2D eigenvalue weighted by molar-refractivity contribution is 5.79. The molecule has 4 heteroatoms. The largest absolute Gasteiger partial charge is 0.494 e. The fourth-order valence-corrected chi connectivity index (χ4v) is 2.06. The molecule has 1 fully saturated rings. The van der Waals surface area contributed by atoms with E-state index in [1.165, 1.54) is 14.2 Å². The van der Waals surface area contributed by atoms with Gasteiger partial charge in [0.2, 0.25) is 0 Å². The SMILES string of the molecule is COC(=O)C(c1cccc(OC)c1F)C1CC1. The first-order valence-electron chi connectivity index (χ1n) is 5.59. The Hall–Kier alpha value is -1.58. The quantitative estimate of drug-likeness (QED) is 0.756. The number of rotatable bonds is 4. The zero-order chi connectivity index (χ0) is 12.4. The van der Waals surface area contributed by atoms with Crippen LogP contribution >= 0.6 is 0 Å². The summed E-state index contributed by atoms with van der Waals surface area (Å²) >= 11 is 0. The first kappa shape index (κ1) is 11.9. The van der Waals surface area contributed by atoms with Crippen molar-refractivity contribution in [1.29, 1.82) is 0 Å². The minimum Gasteiger partial charge on any atom is -0.494 e. The molecule has 0 radical (unpaired) electrons. The van der Waals surface area contributed by atoms with E-state index in [1.807, 2.05) is 0 Å². The van der Waals surface area contributed by atoms with E-state index >= 15 is 0 Å². The molecule has 17 heavy (non-hydrogen) atoms. The molecule has 2 rings (SSSR count). The molecule has 1 atom stereocenters. The number of methoxy groups -OCH3 is 2. The normalized spacial score (nSPS) is 16.4. The van der Waals surface area contributed by atoms with Crippen LogP contribution in [0.15, 0.2) is 18.2 Å². The fourth-order valence-electron chi connectivity index (χ4n) is 2.06. The molecular weight excluding hydrogens is 223 g/mol. The van der Waals surface area contributed by atoms with Crippen LogP contribution in [-0.4, -0.2) is 20.2 Å². The number of hydrogen-bond acceptors (Lipinski definition) is 3. The highest BCUT2D eigenvalue weighted by Crippen LogP contribution is 2.44. The molecule has 92 valence electrons. The molecule has 0 spiro atoms. The summed E-state index contributed by atoms with van der Waals surface area (Å²) in [6.45, 7) is 0. The number of halogens is 1. The zero-order valence-electron chi connectivity index (χ0n) is 9.90. The van der Waals surface area contributed by atoms with Crippen molar-refractivity contribution in [2.45, 2.75) is 18.8 Å². The van der Waals surface area contributed by atoms with E-state index in [4.69, 9.17) is 9.47 Å². The van der Waals surface area contributed by atoms with E-state index in [-0.39, 0.29) is 17.6 Å². The Morgan fingerprint density at radius 2 is 2.12 bits per heavy atom. The Morgan fingerprint density at radius 1 is 1.41 bits per heavy atom. The average Bonchev–Trinajstić information content (AvgIpc) is 3.16. The maximum Gasteiger partial charge on any atom is 0.313 e. The van der Waals surface area contributed by atoms with Crippen LogP contribution in [0.3, 0.4) is 0 Å². The highest BCUT2D eigenvalue weighted by Gasteiger charge is 2.39. The summed E-state index contributed by atoms with van der Waals surface area (Å²) in [7, 11) is 2.74. The third-order valence-corrected chi connectivity index (χ3v) is 3.10. The predicted molar refractivity (Wildman–Crippen MR) is 60.4 cm³/mol. The molecule has 0 N–H and O–H groups in total. The van der Waals surface area contributed by atoms with Gasteiger partial charge < -0.3 is 9.47 Å². The monoisotopic (exact) mass is 238 g/mol. The molecule has 1 aliphatic carbocycles. The Morgan fingerprint density at radius 3 is 2.65 bits per heavy atom. The first-order chi connectivity index (χ1) is 8.19. The van der Waals surface area contributed by atoms with Gasteiger partial charge in [0.1, 0.15) is 0 Å². The van der Waals surface area contributed by atoms with Gasteiger partial charge in [-0.15, -0.1) is 0 Å². The number of carbonyl (C=O) groups excluding carboxylic acids is 1. The molecule has 1 aliphatic rings. The van der Waals surface area contributed by atoms with Gasteiger partial charge >= 0.3 is 5.97 Å². The summed E-state index contributed by atoms with van der Waals surface area (Å²) in [5, 5.41) is 0. The summed E-state index contributed by atoms with van der Waals surface area (Å²) in [6, 6.07) is 4.85. The number of benzene rings is 1. The molecule has 1 aromatic carbocycles. The van der Waals surface area contributed by atoms with Crippen LogP contribution in [0.4, 0.5) is 4.39 Å². The van der Waals surface area contributed by atoms with Crippen molar-refractivity contribution in [1.82, 2.24) is 0 Å². The lowest BCUT2D eigenvalue weighted by Crippen LogP contribution is -2.17. The van der Waals surface area contributed by atoms with Crippen LogP contribution in [0.2, 0.25) is 0 Å². The van der Waals surface area contributed by atoms with Crippen molar-refractivity contribution in [2.24, 2.45) is 5.92 Å². The average molecular weight is 238 g/mol. The van der Waals surface area contributed by atoms with Gasteiger partial charge in [-0.1, -0.05) is 12.1 Å². The Bertz CT molecular complexity index is 427. The van der Waals surface area contributed by atoms with Crippen molar-refractivity contribution in [3.05, 3.63) is 29.6 Å². The predicted octanol–water partition coefficient (Wildman–Crippen LogP) is 2.50. The van der Waals surface area contributed by atoms with Crippen molar-refractivity contribution in [2.75, 3.05) is 14.2 Å². The number of hydrogen-bond donors (Lipinski definition) is 0. The standard InChI is InChI=1S/C13H15FO3/c1-16-10-5-3-4-9(12(10)14)11(8-6-7-8)13(15)17-2/h3-5,8,11H,6-7H2,1-2H3. The topological polar surface area (TPSA) is 35.5 Å². The molecule has 1 saturated carbocycles. The maximum absolute atomic E-state index is 14.1. The highest BCUT2D eigenvalue weighted by atomic mass is 19.1. The molecular formula is C13H15FO3. The second-order valence-electron chi connectivity index (χ2n) is 4.20. The number of esters is 1. The lowest BCUT2D eigenvalue weighted by atomic mass is 9.93. The fraction of sp³-hybridized carbons (Fsp3) is 0.462. The van der Waals surface area contributed by atoms with Crippen molar-refractivity contribution < 1.29 is 18.7 Å². The minimum absolute atomic E-state index is 0.164. The van der Waals surface area contributed by atoms with E-state index in [0.717, 1.165) is 12.8 Å². The minimum atomic E-state index is -0.505. The Kier molecular flexibility index (Phi) is 3.31. The molecule has 3 nitrogen and oxygen atoms in total. The van der Waals surface area contributed by atoms with Gasteiger partial charge in [0.25, 0.3) is 0 Å².